The van der Waals surface area contributed by atoms with Gasteiger partial charge in [-0.3, -0.25) is 20.4 Å². The average molecular weight is 432 g/mol. The van der Waals surface area contributed by atoms with Gasteiger partial charge in [-0.15, -0.1) is 12.3 Å². The summed E-state index contributed by atoms with van der Waals surface area (Å²) in [5, 5.41) is 17.8. The van der Waals surface area contributed by atoms with Crippen molar-refractivity contribution in [2.45, 2.75) is 38.6 Å². The Morgan fingerprint density at radius 1 is 1.31 bits per heavy atom. The van der Waals surface area contributed by atoms with Crippen molar-refractivity contribution in [2.24, 2.45) is 10.8 Å². The molecule has 1 unspecified atom stereocenters. The molecule has 0 bridgehead atoms. The summed E-state index contributed by atoms with van der Waals surface area (Å²) < 4.78 is 5.28. The number of carbonyl (C=O) groups is 1. The molecule has 0 saturated carbocycles. The molecule has 164 valence electrons. The zero-order valence-corrected chi connectivity index (χ0v) is 18.0. The molecule has 0 radical (unpaired) electrons. The van der Waals surface area contributed by atoms with Crippen molar-refractivity contribution in [3.63, 3.8) is 0 Å². The average Bonchev–Trinajstić information content (AvgIpc) is 3.41. The van der Waals surface area contributed by atoms with Crippen LogP contribution in [0.15, 0.2) is 46.0 Å². The number of nitrogens with two attached hydrogens (primary N) is 1. The van der Waals surface area contributed by atoms with E-state index in [1.54, 1.807) is 24.4 Å². The number of nitrogens with one attached hydrogen (secondary N) is 3. The van der Waals surface area contributed by atoms with Crippen LogP contribution in [0, 0.1) is 12.3 Å². The summed E-state index contributed by atoms with van der Waals surface area (Å²) in [7, 11) is 0. The van der Waals surface area contributed by atoms with Crippen LogP contribution in [-0.2, 0) is 5.41 Å². The number of aromatic nitrogens is 3. The Kier molecular flexibility index (Phi) is 5.42. The molecule has 1 atom stereocenters. The molecule has 1 aliphatic rings. The van der Waals surface area contributed by atoms with Gasteiger partial charge in [0.15, 0.2) is 11.7 Å². The molecule has 3 heterocycles. The summed E-state index contributed by atoms with van der Waals surface area (Å²) in [6.45, 7) is 6.00. The number of rotatable bonds is 4. The molecular formula is C22H24N8O2. The molecule has 3 aromatic rings. The van der Waals surface area contributed by atoms with Gasteiger partial charge in [0, 0.05) is 35.3 Å². The number of anilines is 3. The van der Waals surface area contributed by atoms with Crippen LogP contribution < -0.4 is 21.5 Å². The van der Waals surface area contributed by atoms with Crippen molar-refractivity contribution in [1.29, 1.82) is 0 Å². The summed E-state index contributed by atoms with van der Waals surface area (Å²) in [5.74, 6) is 10.5. The number of hydrazine groups is 1. The number of urea groups is 1. The van der Waals surface area contributed by atoms with Crippen LogP contribution >= 0.6 is 0 Å². The number of amides is 2. The van der Waals surface area contributed by atoms with Gasteiger partial charge < -0.3 is 9.84 Å². The number of hydrogen-bond donors (Lipinski definition) is 4. The van der Waals surface area contributed by atoms with Gasteiger partial charge in [-0.2, -0.15) is 5.10 Å². The van der Waals surface area contributed by atoms with E-state index < -0.39 is 6.03 Å². The Balaban J connectivity index is 1.45. The van der Waals surface area contributed by atoms with Crippen LogP contribution in [0.1, 0.15) is 50.3 Å². The number of nitrogens with zero attached hydrogens (tertiary/aromatic N) is 4. The third-order valence-corrected chi connectivity index (χ3v) is 4.93. The number of carbonyl (C=O) groups excluding carboxylic acids is 1. The summed E-state index contributed by atoms with van der Waals surface area (Å²) in [4.78, 5) is 17.0. The highest BCUT2D eigenvalue weighted by molar-refractivity contribution is 6.10. The van der Waals surface area contributed by atoms with Gasteiger partial charge in [-0.25, -0.2) is 10.6 Å². The van der Waals surface area contributed by atoms with E-state index in [-0.39, 0.29) is 11.5 Å². The fourth-order valence-electron chi connectivity index (χ4n) is 3.25. The Morgan fingerprint density at radius 3 is 2.72 bits per heavy atom. The van der Waals surface area contributed by atoms with E-state index in [9.17, 15) is 4.79 Å². The number of aliphatic imine (C=N–C) groups is 1. The second kappa shape index (κ2) is 8.20. The van der Waals surface area contributed by atoms with E-state index in [0.717, 1.165) is 11.3 Å². The van der Waals surface area contributed by atoms with Gasteiger partial charge in [0.1, 0.15) is 23.2 Å². The molecule has 2 aromatic heterocycles. The van der Waals surface area contributed by atoms with E-state index in [1.807, 2.05) is 32.9 Å². The molecule has 10 heteroatoms. The van der Waals surface area contributed by atoms with Crippen LogP contribution in [0.3, 0.4) is 0 Å². The molecule has 1 aliphatic heterocycles. The molecular weight excluding hydrogens is 408 g/mol. The van der Waals surface area contributed by atoms with Gasteiger partial charge in [-0.1, -0.05) is 25.9 Å². The van der Waals surface area contributed by atoms with Crippen LogP contribution in [0.5, 0.6) is 0 Å². The van der Waals surface area contributed by atoms with Crippen LogP contribution in [-0.4, -0.2) is 27.2 Å². The minimum atomic E-state index is -0.431. The number of aromatic amines is 1. The van der Waals surface area contributed by atoms with Crippen LogP contribution in [0.2, 0.25) is 0 Å². The minimum Gasteiger partial charge on any atom is -0.359 e. The molecule has 1 aromatic carbocycles. The summed E-state index contributed by atoms with van der Waals surface area (Å²) >= 11 is 0. The van der Waals surface area contributed by atoms with Crippen molar-refractivity contribution in [3.05, 3.63) is 53.5 Å². The molecule has 0 saturated heterocycles. The Hall–Kier alpha value is -4.10. The van der Waals surface area contributed by atoms with E-state index in [1.165, 1.54) is 5.01 Å². The van der Waals surface area contributed by atoms with Gasteiger partial charge in [-0.05, 0) is 24.3 Å². The van der Waals surface area contributed by atoms with E-state index >= 15 is 0 Å². The first-order valence-electron chi connectivity index (χ1n) is 10.0. The molecule has 32 heavy (non-hydrogen) atoms. The standard InChI is InChI=1S/C22H24N8O2/c1-5-6-15-19-16(12-24-28-19)30(23)20(26-15)13-7-9-14(10-8-13)25-21(31)27-18-11-17(32-29-18)22(2,3)4/h1,7-12,15H,6,23H2,2-4H3,(H,24,28)(H2,25,27,29,31). The number of fused-ring (bicyclic) bond motifs is 1. The second-order valence-corrected chi connectivity index (χ2v) is 8.39. The maximum Gasteiger partial charge on any atom is 0.324 e. The van der Waals surface area contributed by atoms with Crippen LogP contribution in [0.4, 0.5) is 22.0 Å². The fraction of sp³-hybridized carbons (Fsp3) is 0.273. The molecule has 5 N–H and O–H groups in total. The largest absolute Gasteiger partial charge is 0.359 e. The van der Waals surface area contributed by atoms with Crippen molar-refractivity contribution >= 4 is 29.1 Å². The minimum absolute atomic E-state index is 0.200. The smallest absolute Gasteiger partial charge is 0.324 e. The van der Waals surface area contributed by atoms with E-state index in [0.29, 0.717) is 35.2 Å². The highest BCUT2D eigenvalue weighted by Gasteiger charge is 2.29. The highest BCUT2D eigenvalue weighted by Crippen LogP contribution is 2.33. The third kappa shape index (κ3) is 4.19. The molecule has 0 fully saturated rings. The van der Waals surface area contributed by atoms with Crippen molar-refractivity contribution in [3.8, 4) is 12.3 Å². The molecule has 2 amide bonds. The Labute approximate surface area is 185 Å². The lowest BCUT2D eigenvalue weighted by atomic mass is 9.93. The molecule has 4 rings (SSSR count). The highest BCUT2D eigenvalue weighted by atomic mass is 16.5. The lowest BCUT2D eigenvalue weighted by molar-refractivity contribution is 0.262. The van der Waals surface area contributed by atoms with Gasteiger partial charge >= 0.3 is 6.03 Å². The van der Waals surface area contributed by atoms with Crippen LogP contribution in [0.25, 0.3) is 0 Å². The zero-order valence-electron chi connectivity index (χ0n) is 18.0. The zero-order chi connectivity index (χ0) is 22.9. The predicted molar refractivity (Wildman–Crippen MR) is 122 cm³/mol. The maximum absolute atomic E-state index is 12.3. The third-order valence-electron chi connectivity index (χ3n) is 4.93. The number of H-pyrrole nitrogens is 1. The predicted octanol–water partition coefficient (Wildman–Crippen LogP) is 3.54. The van der Waals surface area contributed by atoms with Gasteiger partial charge in [0.2, 0.25) is 0 Å². The number of benzene rings is 1. The molecule has 10 nitrogen and oxygen atoms in total. The number of hydrogen-bond acceptors (Lipinski definition) is 7. The lowest BCUT2D eigenvalue weighted by Gasteiger charge is -2.27. The van der Waals surface area contributed by atoms with E-state index in [4.69, 9.17) is 16.8 Å². The lowest BCUT2D eigenvalue weighted by Crippen LogP contribution is -2.41. The first-order chi connectivity index (χ1) is 15.3. The normalized spacial score (nSPS) is 15.5. The summed E-state index contributed by atoms with van der Waals surface area (Å²) in [5.41, 5.74) is 2.60. The SMILES string of the molecule is C#CCC1N=C(c2ccc(NC(=O)Nc3cc(C(C)(C)C)on3)cc2)N(N)c2c[nH]nc21. The number of terminal acetylenes is 1. The summed E-state index contributed by atoms with van der Waals surface area (Å²) in [6, 6.07) is 8.15. The molecule has 0 aliphatic carbocycles. The second-order valence-electron chi connectivity index (χ2n) is 8.39. The first kappa shape index (κ1) is 21.1. The van der Waals surface area contributed by atoms with E-state index in [2.05, 4.69) is 36.9 Å². The van der Waals surface area contributed by atoms with Crippen molar-refractivity contribution in [1.82, 2.24) is 15.4 Å². The maximum atomic E-state index is 12.3. The van der Waals surface area contributed by atoms with Gasteiger partial charge in [0.25, 0.3) is 0 Å². The van der Waals surface area contributed by atoms with Crippen molar-refractivity contribution in [2.75, 3.05) is 15.6 Å². The topological polar surface area (TPSA) is 137 Å². The number of amidine groups is 1. The first-order valence-corrected chi connectivity index (χ1v) is 10.0. The quantitative estimate of drug-likeness (QED) is 0.367. The monoisotopic (exact) mass is 432 g/mol. The summed E-state index contributed by atoms with van der Waals surface area (Å²) in [6.07, 6.45) is 7.61. The van der Waals surface area contributed by atoms with Gasteiger partial charge in [0.05, 0.1) is 0 Å². The Morgan fingerprint density at radius 2 is 2.06 bits per heavy atom. The fourth-order valence-corrected chi connectivity index (χ4v) is 3.25. The van der Waals surface area contributed by atoms with Crippen molar-refractivity contribution < 1.29 is 9.32 Å². The molecule has 0 spiro atoms. The Bertz CT molecular complexity index is 1190.